The van der Waals surface area contributed by atoms with Crippen LogP contribution in [0.5, 0.6) is 5.75 Å². The van der Waals surface area contributed by atoms with Gasteiger partial charge in [-0.05, 0) is 36.8 Å². The molecule has 0 radical (unpaired) electrons. The number of hydrogen-bond acceptors (Lipinski definition) is 2. The first-order valence-electron chi connectivity index (χ1n) is 6.06. The van der Waals surface area contributed by atoms with E-state index in [-0.39, 0.29) is 6.04 Å². The summed E-state index contributed by atoms with van der Waals surface area (Å²) in [5, 5.41) is 4.08. The van der Waals surface area contributed by atoms with Crippen molar-refractivity contribution in [1.29, 1.82) is 0 Å². The predicted molar refractivity (Wildman–Crippen MR) is 91.9 cm³/mol. The topological polar surface area (TPSA) is 21.3 Å². The normalized spacial score (nSPS) is 12.1. The summed E-state index contributed by atoms with van der Waals surface area (Å²) in [5.41, 5.74) is 2.01. The third-order valence-electron chi connectivity index (χ3n) is 2.97. The summed E-state index contributed by atoms with van der Waals surface area (Å²) in [6, 6.07) is 11.8. The van der Waals surface area contributed by atoms with Gasteiger partial charge in [0.1, 0.15) is 5.75 Å². The van der Waals surface area contributed by atoms with E-state index in [4.69, 9.17) is 16.3 Å². The minimum Gasteiger partial charge on any atom is -0.497 e. The first-order chi connectivity index (χ1) is 9.51. The first kappa shape index (κ1) is 15.7. The van der Waals surface area contributed by atoms with Gasteiger partial charge in [0.05, 0.1) is 17.8 Å². The lowest BCUT2D eigenvalue weighted by molar-refractivity contribution is 0.415. The van der Waals surface area contributed by atoms with E-state index in [9.17, 15) is 0 Å². The number of methoxy groups -OCH3 is 1. The van der Waals surface area contributed by atoms with Gasteiger partial charge in [-0.25, -0.2) is 0 Å². The minimum absolute atomic E-state index is 0.113. The van der Waals surface area contributed by atoms with Gasteiger partial charge in [-0.1, -0.05) is 49.5 Å². The summed E-state index contributed by atoms with van der Waals surface area (Å²) in [4.78, 5) is 0. The molecule has 0 aromatic heterocycles. The zero-order valence-electron chi connectivity index (χ0n) is 11.1. The van der Waals surface area contributed by atoms with Crippen molar-refractivity contribution < 1.29 is 4.74 Å². The van der Waals surface area contributed by atoms with Crippen molar-refractivity contribution in [3.8, 4) is 5.75 Å². The van der Waals surface area contributed by atoms with E-state index in [1.54, 1.807) is 7.11 Å². The van der Waals surface area contributed by atoms with E-state index in [2.05, 4.69) is 50.2 Å². The van der Waals surface area contributed by atoms with Crippen molar-refractivity contribution in [2.24, 2.45) is 0 Å². The second kappa shape index (κ2) is 6.83. The highest BCUT2D eigenvalue weighted by molar-refractivity contribution is 9.11. The van der Waals surface area contributed by atoms with Crippen molar-refractivity contribution in [2.75, 3.05) is 12.4 Å². The maximum absolute atomic E-state index is 6.21. The second-order valence-electron chi connectivity index (χ2n) is 4.38. The highest BCUT2D eigenvalue weighted by atomic mass is 79.9. The first-order valence-corrected chi connectivity index (χ1v) is 8.02. The zero-order valence-corrected chi connectivity index (χ0v) is 15.0. The molecule has 0 bridgehead atoms. The maximum atomic E-state index is 6.21. The van der Waals surface area contributed by atoms with Crippen LogP contribution in [-0.2, 0) is 0 Å². The monoisotopic (exact) mass is 417 g/mol. The standard InChI is InChI=1S/C15H14Br2ClNO/c1-9(12-5-3-10(16)7-13(12)17)19-15-8-11(20-2)4-6-14(15)18/h3-9,19H,1-2H3. The average Bonchev–Trinajstić information content (AvgIpc) is 2.41. The van der Waals surface area contributed by atoms with Crippen LogP contribution in [0.2, 0.25) is 5.02 Å². The third kappa shape index (κ3) is 3.68. The lowest BCUT2D eigenvalue weighted by Crippen LogP contribution is -2.07. The van der Waals surface area contributed by atoms with Crippen LogP contribution in [0.15, 0.2) is 45.3 Å². The molecule has 5 heteroatoms. The van der Waals surface area contributed by atoms with Crippen LogP contribution in [0.3, 0.4) is 0 Å². The molecular formula is C15H14Br2ClNO. The van der Waals surface area contributed by atoms with Gasteiger partial charge in [-0.15, -0.1) is 0 Å². The summed E-state index contributed by atoms with van der Waals surface area (Å²) in [7, 11) is 1.64. The van der Waals surface area contributed by atoms with Crippen LogP contribution in [0.25, 0.3) is 0 Å². The van der Waals surface area contributed by atoms with Crippen LogP contribution < -0.4 is 10.1 Å². The number of ether oxygens (including phenoxy) is 1. The van der Waals surface area contributed by atoms with Gasteiger partial charge in [0, 0.05) is 21.1 Å². The van der Waals surface area contributed by atoms with Crippen LogP contribution in [-0.4, -0.2) is 7.11 Å². The molecule has 0 amide bonds. The van der Waals surface area contributed by atoms with E-state index >= 15 is 0 Å². The predicted octanol–water partition coefficient (Wildman–Crippen LogP) is 6.05. The van der Waals surface area contributed by atoms with Crippen molar-refractivity contribution in [1.82, 2.24) is 0 Å². The minimum atomic E-state index is 0.113. The molecule has 1 N–H and O–H groups in total. The van der Waals surface area contributed by atoms with E-state index in [1.165, 1.54) is 0 Å². The fraction of sp³-hybridized carbons (Fsp3) is 0.200. The number of nitrogens with one attached hydrogen (secondary N) is 1. The molecule has 0 aliphatic heterocycles. The molecule has 0 spiro atoms. The van der Waals surface area contributed by atoms with Crippen molar-refractivity contribution in [2.45, 2.75) is 13.0 Å². The van der Waals surface area contributed by atoms with Gasteiger partial charge < -0.3 is 10.1 Å². The Morgan fingerprint density at radius 3 is 2.55 bits per heavy atom. The molecule has 1 unspecified atom stereocenters. The van der Waals surface area contributed by atoms with E-state index in [1.807, 2.05) is 30.3 Å². The molecular weight excluding hydrogens is 405 g/mol. The summed E-state index contributed by atoms with van der Waals surface area (Å²) in [5.74, 6) is 0.777. The van der Waals surface area contributed by atoms with E-state index in [0.29, 0.717) is 5.02 Å². The molecule has 2 aromatic carbocycles. The molecule has 0 aliphatic carbocycles. The molecule has 2 nitrogen and oxygen atoms in total. The van der Waals surface area contributed by atoms with Crippen molar-refractivity contribution in [3.63, 3.8) is 0 Å². The molecule has 1 atom stereocenters. The van der Waals surface area contributed by atoms with Crippen LogP contribution in [0.4, 0.5) is 5.69 Å². The van der Waals surface area contributed by atoms with Crippen LogP contribution in [0, 0.1) is 0 Å². The van der Waals surface area contributed by atoms with Crippen molar-refractivity contribution in [3.05, 3.63) is 55.9 Å². The molecule has 0 aliphatic rings. The highest BCUT2D eigenvalue weighted by Gasteiger charge is 2.12. The Kier molecular flexibility index (Phi) is 5.35. The van der Waals surface area contributed by atoms with Crippen molar-refractivity contribution >= 4 is 49.1 Å². The number of benzene rings is 2. The number of anilines is 1. The molecule has 2 aromatic rings. The summed E-state index contributed by atoms with van der Waals surface area (Å²) in [6.07, 6.45) is 0. The summed E-state index contributed by atoms with van der Waals surface area (Å²) < 4.78 is 7.31. The Bertz CT molecular complexity index is 619. The van der Waals surface area contributed by atoms with Gasteiger partial charge >= 0.3 is 0 Å². The van der Waals surface area contributed by atoms with Gasteiger partial charge in [-0.3, -0.25) is 0 Å². The molecule has 2 rings (SSSR count). The van der Waals surface area contributed by atoms with E-state index < -0.39 is 0 Å². The van der Waals surface area contributed by atoms with Crippen LogP contribution >= 0.6 is 43.5 Å². The van der Waals surface area contributed by atoms with Gasteiger partial charge in [0.15, 0.2) is 0 Å². The summed E-state index contributed by atoms with van der Waals surface area (Å²) >= 11 is 13.2. The lowest BCUT2D eigenvalue weighted by Gasteiger charge is -2.19. The lowest BCUT2D eigenvalue weighted by atomic mass is 10.1. The number of hydrogen-bond donors (Lipinski definition) is 1. The number of rotatable bonds is 4. The molecule has 106 valence electrons. The average molecular weight is 420 g/mol. The second-order valence-corrected chi connectivity index (χ2v) is 6.55. The smallest absolute Gasteiger partial charge is 0.121 e. The zero-order chi connectivity index (χ0) is 14.7. The fourth-order valence-electron chi connectivity index (χ4n) is 1.91. The van der Waals surface area contributed by atoms with Gasteiger partial charge in [0.25, 0.3) is 0 Å². The fourth-order valence-corrected chi connectivity index (χ4v) is 3.47. The third-order valence-corrected chi connectivity index (χ3v) is 4.48. The SMILES string of the molecule is COc1ccc(Cl)c(NC(C)c2ccc(Br)cc2Br)c1. The molecule has 0 saturated carbocycles. The van der Waals surface area contributed by atoms with Gasteiger partial charge in [0.2, 0.25) is 0 Å². The Morgan fingerprint density at radius 2 is 1.90 bits per heavy atom. The Morgan fingerprint density at radius 1 is 1.15 bits per heavy atom. The van der Waals surface area contributed by atoms with Crippen LogP contribution in [0.1, 0.15) is 18.5 Å². The molecule has 0 saturated heterocycles. The Labute approximate surface area is 140 Å². The summed E-state index contributed by atoms with van der Waals surface area (Å²) in [6.45, 7) is 2.09. The van der Waals surface area contributed by atoms with Gasteiger partial charge in [-0.2, -0.15) is 0 Å². The number of halogens is 3. The highest BCUT2D eigenvalue weighted by Crippen LogP contribution is 2.33. The molecule has 20 heavy (non-hydrogen) atoms. The van der Waals surface area contributed by atoms with E-state index in [0.717, 1.165) is 25.9 Å². The molecule has 0 heterocycles. The Hall–Kier alpha value is -0.710. The Balaban J connectivity index is 2.25. The maximum Gasteiger partial charge on any atom is 0.121 e. The quantitative estimate of drug-likeness (QED) is 0.652. The molecule has 0 fully saturated rings. The largest absolute Gasteiger partial charge is 0.497 e.